The Kier molecular flexibility index (Phi) is 5.22. The predicted octanol–water partition coefficient (Wildman–Crippen LogP) is 3.94. The van der Waals surface area contributed by atoms with E-state index in [1.165, 1.54) is 6.07 Å². The van der Waals surface area contributed by atoms with Crippen LogP contribution in [0.15, 0.2) is 60.7 Å². The molecule has 0 bridgehead atoms. The molecule has 1 aromatic heterocycles. The summed E-state index contributed by atoms with van der Waals surface area (Å²) < 4.78 is 13.8. The number of nitrogens with one attached hydrogen (secondary N) is 1. The highest BCUT2D eigenvalue weighted by atomic mass is 19.1. The quantitative estimate of drug-likeness (QED) is 0.757. The minimum absolute atomic E-state index is 0.187. The van der Waals surface area contributed by atoms with Crippen molar-refractivity contribution in [1.82, 2.24) is 14.9 Å². The third kappa shape index (κ3) is 4.22. The Morgan fingerprint density at radius 1 is 1.08 bits per heavy atom. The molecule has 0 atom stereocenters. The fraction of sp³-hybridized carbons (Fsp3) is 0.150. The van der Waals surface area contributed by atoms with E-state index in [1.807, 2.05) is 30.3 Å². The number of aryl methyl sites for hydroxylation is 1. The lowest BCUT2D eigenvalue weighted by Crippen LogP contribution is -2.27. The standard InChI is InChI=1S/C20H19FN4O/c1-14-12-18(19(26)25(2)13-15-8-4-3-5-9-15)24-20(22-14)23-17-11-7-6-10-16(17)21/h3-12H,13H2,1-2H3,(H,22,23,24). The van der Waals surface area contributed by atoms with E-state index in [1.54, 1.807) is 43.1 Å². The van der Waals surface area contributed by atoms with Crippen LogP contribution in [0, 0.1) is 12.7 Å². The molecule has 0 aliphatic heterocycles. The largest absolute Gasteiger partial charge is 0.336 e. The Labute approximate surface area is 151 Å². The van der Waals surface area contributed by atoms with E-state index in [9.17, 15) is 9.18 Å². The average molecular weight is 350 g/mol. The van der Waals surface area contributed by atoms with Crippen LogP contribution in [-0.2, 0) is 6.54 Å². The van der Waals surface area contributed by atoms with Gasteiger partial charge in [0.25, 0.3) is 5.91 Å². The molecule has 0 spiro atoms. The maximum Gasteiger partial charge on any atom is 0.272 e. The number of anilines is 2. The fourth-order valence-electron chi connectivity index (χ4n) is 2.54. The van der Waals surface area contributed by atoms with Gasteiger partial charge in [0.05, 0.1) is 5.69 Å². The molecule has 132 valence electrons. The summed E-state index contributed by atoms with van der Waals surface area (Å²) in [4.78, 5) is 22.8. The van der Waals surface area contributed by atoms with Crippen LogP contribution >= 0.6 is 0 Å². The number of hydrogen-bond acceptors (Lipinski definition) is 4. The Balaban J connectivity index is 1.80. The van der Waals surface area contributed by atoms with E-state index < -0.39 is 5.82 Å². The summed E-state index contributed by atoms with van der Waals surface area (Å²) in [6.45, 7) is 2.24. The number of halogens is 1. The topological polar surface area (TPSA) is 58.1 Å². The summed E-state index contributed by atoms with van der Waals surface area (Å²) in [5.74, 6) is -0.450. The number of aromatic nitrogens is 2. The molecule has 0 unspecified atom stereocenters. The smallest absolute Gasteiger partial charge is 0.272 e. The van der Waals surface area contributed by atoms with E-state index in [4.69, 9.17) is 0 Å². The van der Waals surface area contributed by atoms with E-state index in [0.717, 1.165) is 5.56 Å². The van der Waals surface area contributed by atoms with Gasteiger partial charge in [-0.1, -0.05) is 42.5 Å². The molecular weight excluding hydrogens is 331 g/mol. The zero-order valence-corrected chi connectivity index (χ0v) is 14.6. The molecule has 26 heavy (non-hydrogen) atoms. The first-order valence-corrected chi connectivity index (χ1v) is 8.19. The van der Waals surface area contributed by atoms with Crippen LogP contribution in [0.5, 0.6) is 0 Å². The fourth-order valence-corrected chi connectivity index (χ4v) is 2.54. The van der Waals surface area contributed by atoms with Crippen LogP contribution in [0.25, 0.3) is 0 Å². The van der Waals surface area contributed by atoms with Crippen molar-refractivity contribution in [2.75, 3.05) is 12.4 Å². The molecular formula is C20H19FN4O. The van der Waals surface area contributed by atoms with Crippen LogP contribution in [-0.4, -0.2) is 27.8 Å². The minimum atomic E-state index is -0.410. The van der Waals surface area contributed by atoms with Crippen LogP contribution in [0.3, 0.4) is 0 Å². The highest BCUT2D eigenvalue weighted by Crippen LogP contribution is 2.18. The van der Waals surface area contributed by atoms with Gasteiger partial charge in [0, 0.05) is 19.3 Å². The van der Waals surface area contributed by atoms with Crippen LogP contribution in [0.4, 0.5) is 16.0 Å². The maximum absolute atomic E-state index is 13.8. The third-order valence-corrected chi connectivity index (χ3v) is 3.80. The van der Waals surface area contributed by atoms with Crippen LogP contribution in [0.1, 0.15) is 21.7 Å². The van der Waals surface area contributed by atoms with Crippen molar-refractivity contribution in [3.05, 3.63) is 83.4 Å². The lowest BCUT2D eigenvalue weighted by atomic mass is 10.2. The highest BCUT2D eigenvalue weighted by Gasteiger charge is 2.16. The molecule has 1 amide bonds. The molecule has 0 radical (unpaired) electrons. The summed E-state index contributed by atoms with van der Waals surface area (Å²) in [6.07, 6.45) is 0. The number of hydrogen-bond donors (Lipinski definition) is 1. The molecule has 6 heteroatoms. The Bertz CT molecular complexity index is 915. The summed E-state index contributed by atoms with van der Waals surface area (Å²) in [5, 5.41) is 2.83. The molecule has 3 rings (SSSR count). The first kappa shape index (κ1) is 17.5. The Morgan fingerprint density at radius 3 is 2.50 bits per heavy atom. The maximum atomic E-state index is 13.8. The zero-order chi connectivity index (χ0) is 18.5. The normalized spacial score (nSPS) is 10.4. The van der Waals surface area contributed by atoms with Gasteiger partial charge in [0.15, 0.2) is 0 Å². The van der Waals surface area contributed by atoms with Crippen molar-refractivity contribution in [1.29, 1.82) is 0 Å². The first-order chi connectivity index (χ1) is 12.5. The Morgan fingerprint density at radius 2 is 1.77 bits per heavy atom. The number of para-hydroxylation sites is 1. The van der Waals surface area contributed by atoms with Crippen molar-refractivity contribution in [2.45, 2.75) is 13.5 Å². The molecule has 0 aliphatic rings. The molecule has 0 saturated heterocycles. The van der Waals surface area contributed by atoms with Gasteiger partial charge in [-0.25, -0.2) is 14.4 Å². The lowest BCUT2D eigenvalue weighted by Gasteiger charge is -2.17. The van der Waals surface area contributed by atoms with Crippen LogP contribution in [0.2, 0.25) is 0 Å². The van der Waals surface area contributed by atoms with Gasteiger partial charge in [-0.2, -0.15) is 0 Å². The predicted molar refractivity (Wildman–Crippen MR) is 98.7 cm³/mol. The number of rotatable bonds is 5. The van der Waals surface area contributed by atoms with Gasteiger partial charge in [0.1, 0.15) is 11.5 Å². The second-order valence-electron chi connectivity index (χ2n) is 5.97. The van der Waals surface area contributed by atoms with E-state index in [-0.39, 0.29) is 23.2 Å². The number of amides is 1. The number of carbonyl (C=O) groups is 1. The van der Waals surface area contributed by atoms with Gasteiger partial charge in [0.2, 0.25) is 5.95 Å². The second kappa shape index (κ2) is 7.74. The third-order valence-electron chi connectivity index (χ3n) is 3.80. The van der Waals surface area contributed by atoms with Gasteiger partial charge in [-0.3, -0.25) is 4.79 Å². The van der Waals surface area contributed by atoms with Crippen LogP contribution < -0.4 is 5.32 Å². The SMILES string of the molecule is Cc1cc(C(=O)N(C)Cc2ccccc2)nc(Nc2ccccc2F)n1. The number of benzene rings is 2. The van der Waals surface area contributed by atoms with Crippen molar-refractivity contribution in [3.8, 4) is 0 Å². The monoisotopic (exact) mass is 350 g/mol. The molecule has 0 aliphatic carbocycles. The van der Waals surface area contributed by atoms with Crippen molar-refractivity contribution in [2.24, 2.45) is 0 Å². The first-order valence-electron chi connectivity index (χ1n) is 8.19. The number of nitrogens with zero attached hydrogens (tertiary/aromatic N) is 3. The molecule has 5 nitrogen and oxygen atoms in total. The molecule has 3 aromatic rings. The van der Waals surface area contributed by atoms with Gasteiger partial charge in [-0.15, -0.1) is 0 Å². The van der Waals surface area contributed by atoms with E-state index >= 15 is 0 Å². The minimum Gasteiger partial charge on any atom is -0.336 e. The second-order valence-corrected chi connectivity index (χ2v) is 5.97. The summed E-state index contributed by atoms with van der Waals surface area (Å²) in [6, 6.07) is 17.6. The van der Waals surface area contributed by atoms with Crippen molar-refractivity contribution < 1.29 is 9.18 Å². The molecule has 0 saturated carbocycles. The van der Waals surface area contributed by atoms with Gasteiger partial charge in [-0.05, 0) is 30.7 Å². The number of carbonyl (C=O) groups excluding carboxylic acids is 1. The van der Waals surface area contributed by atoms with E-state index in [0.29, 0.717) is 12.2 Å². The molecule has 1 N–H and O–H groups in total. The Hall–Kier alpha value is -3.28. The zero-order valence-electron chi connectivity index (χ0n) is 14.6. The van der Waals surface area contributed by atoms with Gasteiger partial charge >= 0.3 is 0 Å². The lowest BCUT2D eigenvalue weighted by molar-refractivity contribution is 0.0779. The average Bonchev–Trinajstić information content (AvgIpc) is 2.63. The summed E-state index contributed by atoms with van der Waals surface area (Å²) >= 11 is 0. The summed E-state index contributed by atoms with van der Waals surface area (Å²) in [7, 11) is 1.72. The van der Waals surface area contributed by atoms with Gasteiger partial charge < -0.3 is 10.2 Å². The molecule has 1 heterocycles. The van der Waals surface area contributed by atoms with Crippen molar-refractivity contribution >= 4 is 17.5 Å². The van der Waals surface area contributed by atoms with Crippen molar-refractivity contribution in [3.63, 3.8) is 0 Å². The van der Waals surface area contributed by atoms with E-state index in [2.05, 4.69) is 15.3 Å². The highest BCUT2D eigenvalue weighted by molar-refractivity contribution is 5.92. The molecule has 2 aromatic carbocycles. The molecule has 0 fully saturated rings. The summed E-state index contributed by atoms with van der Waals surface area (Å²) in [5.41, 5.74) is 2.16.